The van der Waals surface area contributed by atoms with Gasteiger partial charge in [0.05, 0.1) is 19.9 Å². The molecule has 0 radical (unpaired) electrons. The number of hydrogen-bond acceptors (Lipinski definition) is 4. The molecule has 2 saturated heterocycles. The minimum atomic E-state index is 0.0536. The minimum absolute atomic E-state index is 0.0536. The van der Waals surface area contributed by atoms with Crippen molar-refractivity contribution in [2.75, 3.05) is 26.9 Å². The van der Waals surface area contributed by atoms with E-state index >= 15 is 0 Å². The maximum Gasteiger partial charge on any atom is 0.162 e. The lowest BCUT2D eigenvalue weighted by Gasteiger charge is -2.53. The summed E-state index contributed by atoms with van der Waals surface area (Å²) in [6, 6.07) is 0.365. The first kappa shape index (κ1) is 23.4. The van der Waals surface area contributed by atoms with Crippen LogP contribution in [-0.4, -0.2) is 50.2 Å². The third-order valence-corrected chi connectivity index (χ3v) is 9.59. The van der Waals surface area contributed by atoms with E-state index in [1.54, 1.807) is 5.57 Å². The summed E-state index contributed by atoms with van der Waals surface area (Å²) in [5, 5.41) is 6.98. The molecule has 3 fully saturated rings. The first-order chi connectivity index (χ1) is 14.6. The molecule has 176 valence electrons. The maximum atomic E-state index is 6.42. The van der Waals surface area contributed by atoms with Gasteiger partial charge >= 0.3 is 0 Å². The monoisotopic (exact) mass is 430 g/mol. The molecule has 0 bridgehead atoms. The number of likely N-dealkylation sites (N-methyl/N-ethyl adjacent to an activating group) is 1. The predicted molar refractivity (Wildman–Crippen MR) is 129 cm³/mol. The molecule has 7 atom stereocenters. The molecule has 5 heteroatoms. The summed E-state index contributed by atoms with van der Waals surface area (Å²) in [4.78, 5) is 4.08. The van der Waals surface area contributed by atoms with Gasteiger partial charge in [0.2, 0.25) is 0 Å². The molecular formula is C26H48N5+. The van der Waals surface area contributed by atoms with Crippen LogP contribution in [0.1, 0.15) is 73.1 Å². The number of hydrogen-bond donors (Lipinski definition) is 4. The Morgan fingerprint density at radius 1 is 1.29 bits per heavy atom. The van der Waals surface area contributed by atoms with Gasteiger partial charge in [-0.3, -0.25) is 10.6 Å². The van der Waals surface area contributed by atoms with Gasteiger partial charge in [-0.2, -0.15) is 0 Å². The third-order valence-electron chi connectivity index (χ3n) is 9.59. The number of rotatable bonds is 5. The number of allylic oxidation sites excluding steroid dienone is 3. The number of fused-ring (bicyclic) bond motifs is 2. The lowest BCUT2D eigenvalue weighted by atomic mass is 9.52. The van der Waals surface area contributed by atoms with Gasteiger partial charge in [0, 0.05) is 6.54 Å². The molecule has 2 aliphatic carbocycles. The fourth-order valence-electron chi connectivity index (χ4n) is 7.11. The molecule has 4 aliphatic rings. The topological polar surface area (TPSA) is 57.8 Å². The molecular weight excluding hydrogens is 382 g/mol. The Labute approximate surface area is 190 Å². The van der Waals surface area contributed by atoms with E-state index in [0.717, 1.165) is 31.7 Å². The van der Waals surface area contributed by atoms with Crippen LogP contribution in [0.4, 0.5) is 0 Å². The fraction of sp³-hybridized carbons (Fsp3) is 0.846. The van der Waals surface area contributed by atoms with Gasteiger partial charge in [0.1, 0.15) is 12.7 Å². The van der Waals surface area contributed by atoms with Crippen molar-refractivity contribution in [2.24, 2.45) is 28.4 Å². The SMILES string of the molecule is CC(=CCN1C[NH+](C)C2NCNC(N)C21)CC[C@@]1(C)C2=CCCC(C)(C)[C@H]2CC[C@@H]1C. The smallest absolute Gasteiger partial charge is 0.162 e. The lowest BCUT2D eigenvalue weighted by Crippen LogP contribution is -3.14. The van der Waals surface area contributed by atoms with Crippen molar-refractivity contribution in [1.82, 2.24) is 15.5 Å². The van der Waals surface area contributed by atoms with Crippen LogP contribution in [0.3, 0.4) is 0 Å². The molecule has 1 saturated carbocycles. The van der Waals surface area contributed by atoms with Gasteiger partial charge in [-0.1, -0.05) is 51.0 Å². The Balaban J connectivity index is 1.40. The molecule has 0 aromatic rings. The highest BCUT2D eigenvalue weighted by atomic mass is 15.5. The van der Waals surface area contributed by atoms with Gasteiger partial charge in [0.25, 0.3) is 0 Å². The van der Waals surface area contributed by atoms with Crippen LogP contribution >= 0.6 is 0 Å². The summed E-state index contributed by atoms with van der Waals surface area (Å²) in [5.41, 5.74) is 10.6. The van der Waals surface area contributed by atoms with E-state index in [4.69, 9.17) is 5.73 Å². The third kappa shape index (κ3) is 4.41. The largest absolute Gasteiger partial charge is 0.314 e. The van der Waals surface area contributed by atoms with Crippen LogP contribution in [-0.2, 0) is 0 Å². The van der Waals surface area contributed by atoms with Gasteiger partial charge in [0.15, 0.2) is 6.17 Å². The van der Waals surface area contributed by atoms with Crippen LogP contribution in [0.2, 0.25) is 0 Å². The van der Waals surface area contributed by atoms with E-state index in [1.807, 2.05) is 0 Å². The minimum Gasteiger partial charge on any atom is -0.314 e. The number of nitrogens with one attached hydrogen (secondary N) is 3. The molecule has 2 aliphatic heterocycles. The van der Waals surface area contributed by atoms with Crippen LogP contribution < -0.4 is 21.3 Å². The van der Waals surface area contributed by atoms with Crippen molar-refractivity contribution in [2.45, 2.75) is 91.5 Å². The summed E-state index contributed by atoms with van der Waals surface area (Å²) in [7, 11) is 2.28. The van der Waals surface area contributed by atoms with Crippen LogP contribution in [0.15, 0.2) is 23.3 Å². The Kier molecular flexibility index (Phi) is 6.73. The highest BCUT2D eigenvalue weighted by molar-refractivity contribution is 5.26. The average molecular weight is 431 g/mol. The van der Waals surface area contributed by atoms with Crippen molar-refractivity contribution >= 4 is 0 Å². The first-order valence-electron chi connectivity index (χ1n) is 12.8. The summed E-state index contributed by atoms with van der Waals surface area (Å²) in [6.45, 7) is 15.3. The van der Waals surface area contributed by atoms with E-state index in [1.165, 1.54) is 49.0 Å². The molecule has 0 spiro atoms. The van der Waals surface area contributed by atoms with Gasteiger partial charge < -0.3 is 10.6 Å². The molecule has 31 heavy (non-hydrogen) atoms. The second-order valence-electron chi connectivity index (χ2n) is 12.0. The zero-order valence-electron chi connectivity index (χ0n) is 20.9. The zero-order valence-corrected chi connectivity index (χ0v) is 20.9. The highest BCUT2D eigenvalue weighted by Gasteiger charge is 2.48. The van der Waals surface area contributed by atoms with E-state index in [2.05, 4.69) is 69.4 Å². The van der Waals surface area contributed by atoms with E-state index < -0.39 is 0 Å². The summed E-state index contributed by atoms with van der Waals surface area (Å²) < 4.78 is 0. The molecule has 2 heterocycles. The van der Waals surface area contributed by atoms with Crippen LogP contribution in [0.25, 0.3) is 0 Å². The molecule has 0 aromatic heterocycles. The highest BCUT2D eigenvalue weighted by Crippen LogP contribution is 2.58. The van der Waals surface area contributed by atoms with Gasteiger partial charge in [-0.05, 0) is 68.1 Å². The second-order valence-corrected chi connectivity index (χ2v) is 12.0. The summed E-state index contributed by atoms with van der Waals surface area (Å²) in [6.07, 6.45) is 13.5. The number of nitrogens with zero attached hydrogens (tertiary/aromatic N) is 1. The van der Waals surface area contributed by atoms with Crippen molar-refractivity contribution < 1.29 is 4.90 Å². The van der Waals surface area contributed by atoms with E-state index in [0.29, 0.717) is 23.0 Å². The first-order valence-corrected chi connectivity index (χ1v) is 12.8. The second kappa shape index (κ2) is 8.90. The quantitative estimate of drug-likeness (QED) is 0.506. The van der Waals surface area contributed by atoms with Crippen molar-refractivity contribution in [3.8, 4) is 0 Å². The fourth-order valence-corrected chi connectivity index (χ4v) is 7.11. The Bertz CT molecular complexity index is 713. The van der Waals surface area contributed by atoms with Crippen molar-refractivity contribution in [1.29, 1.82) is 0 Å². The summed E-state index contributed by atoms with van der Waals surface area (Å²) >= 11 is 0. The number of quaternary nitrogens is 1. The molecule has 4 unspecified atom stereocenters. The summed E-state index contributed by atoms with van der Waals surface area (Å²) in [5.74, 6) is 1.57. The normalized spacial score (nSPS) is 43.3. The van der Waals surface area contributed by atoms with Crippen LogP contribution in [0, 0.1) is 22.7 Å². The molecule has 4 rings (SSSR count). The average Bonchev–Trinajstić information content (AvgIpc) is 3.05. The molecule has 5 N–H and O–H groups in total. The molecule has 5 nitrogen and oxygen atoms in total. The van der Waals surface area contributed by atoms with E-state index in [9.17, 15) is 0 Å². The van der Waals surface area contributed by atoms with Gasteiger partial charge in [-0.15, -0.1) is 0 Å². The van der Waals surface area contributed by atoms with Crippen LogP contribution in [0.5, 0.6) is 0 Å². The Morgan fingerprint density at radius 2 is 2.06 bits per heavy atom. The van der Waals surface area contributed by atoms with Crippen molar-refractivity contribution in [3.05, 3.63) is 23.3 Å². The van der Waals surface area contributed by atoms with Crippen molar-refractivity contribution in [3.63, 3.8) is 0 Å². The van der Waals surface area contributed by atoms with Gasteiger partial charge in [-0.25, -0.2) is 4.90 Å². The zero-order chi connectivity index (χ0) is 22.4. The predicted octanol–water partition coefficient (Wildman–Crippen LogP) is 2.43. The Hall–Kier alpha value is -0.720. The maximum absolute atomic E-state index is 6.42. The Morgan fingerprint density at radius 3 is 2.84 bits per heavy atom. The number of nitrogens with two attached hydrogens (primary N) is 1. The lowest BCUT2D eigenvalue weighted by molar-refractivity contribution is -0.900. The van der Waals surface area contributed by atoms with E-state index in [-0.39, 0.29) is 6.17 Å². The standard InChI is InChI=1S/C26H47N5/c1-18(12-15-31-17-30(6)24-22(31)23(27)28-16-29-24)11-14-26(5)19(2)9-10-20-21(26)8-7-13-25(20,3)4/h8,12,19-20,22-24,28-29H,7,9-11,13-17,27H2,1-6H3/p+1/t19-,20-,22?,23?,24?,26+/m0/s1. The molecule has 0 amide bonds. The molecule has 0 aromatic carbocycles.